The number of carbonyl (C=O) groups excluding carboxylic acids is 2. The van der Waals surface area contributed by atoms with E-state index in [1.807, 2.05) is 72.8 Å². The summed E-state index contributed by atoms with van der Waals surface area (Å²) in [5.74, 6) is 0.466. The van der Waals surface area contributed by atoms with Gasteiger partial charge in [-0.1, -0.05) is 60.7 Å². The molecule has 0 aliphatic heterocycles. The van der Waals surface area contributed by atoms with Crippen LogP contribution in [0.4, 0.5) is 11.4 Å². The zero-order valence-electron chi connectivity index (χ0n) is 24.0. The minimum absolute atomic E-state index is 0.225. The topological polar surface area (TPSA) is 77.5 Å². The van der Waals surface area contributed by atoms with Gasteiger partial charge in [-0.05, 0) is 48.5 Å². The van der Waals surface area contributed by atoms with E-state index in [2.05, 4.69) is 0 Å². The maximum Gasteiger partial charge on any atom is 0.262 e. The Labute approximate surface area is 247 Å². The highest BCUT2D eigenvalue weighted by atomic mass is 16.5. The second-order valence-electron chi connectivity index (χ2n) is 9.26. The van der Waals surface area contributed by atoms with Crippen LogP contribution < -0.4 is 19.3 Å². The molecule has 2 amide bonds. The standard InChI is InChI=1S/C34H36N2O6/c1-39-23-25-41-31-19-11-9-17-29(31)33(37)35(27-13-5-3-6-14-27)21-22-36(28-15-7-4-8-16-28)34(38)30-18-10-12-20-32(30)42-26-24-40-2/h3-20H,21-26H2,1-2H3. The maximum absolute atomic E-state index is 14.1. The van der Waals surface area contributed by atoms with Crippen LogP contribution in [0.3, 0.4) is 0 Å². The number of amides is 2. The molecule has 8 heteroatoms. The molecule has 0 aromatic heterocycles. The molecule has 0 N–H and O–H groups in total. The molecule has 0 fully saturated rings. The fourth-order valence-corrected chi connectivity index (χ4v) is 4.41. The summed E-state index contributed by atoms with van der Waals surface area (Å²) in [6.07, 6.45) is 0. The van der Waals surface area contributed by atoms with Crippen LogP contribution in [0.15, 0.2) is 109 Å². The summed E-state index contributed by atoms with van der Waals surface area (Å²) >= 11 is 0. The number of nitrogens with zero attached hydrogens (tertiary/aromatic N) is 2. The number of anilines is 2. The van der Waals surface area contributed by atoms with Crippen molar-refractivity contribution >= 4 is 23.2 Å². The highest BCUT2D eigenvalue weighted by Gasteiger charge is 2.26. The Balaban J connectivity index is 1.65. The van der Waals surface area contributed by atoms with Crippen LogP contribution in [0.1, 0.15) is 20.7 Å². The number of hydrogen-bond donors (Lipinski definition) is 0. The molecule has 0 bridgehead atoms. The van der Waals surface area contributed by atoms with Crippen molar-refractivity contribution in [3.8, 4) is 11.5 Å². The summed E-state index contributed by atoms with van der Waals surface area (Å²) in [4.78, 5) is 31.5. The number of methoxy groups -OCH3 is 2. The van der Waals surface area contributed by atoms with Crippen molar-refractivity contribution in [2.75, 3.05) is 63.5 Å². The Morgan fingerprint density at radius 3 is 1.24 bits per heavy atom. The summed E-state index contributed by atoms with van der Waals surface area (Å²) in [5, 5.41) is 0. The first-order valence-electron chi connectivity index (χ1n) is 13.8. The van der Waals surface area contributed by atoms with Crippen LogP contribution in [0.5, 0.6) is 11.5 Å². The molecule has 0 aliphatic carbocycles. The molecule has 42 heavy (non-hydrogen) atoms. The van der Waals surface area contributed by atoms with Gasteiger partial charge < -0.3 is 28.7 Å². The van der Waals surface area contributed by atoms with Crippen LogP contribution in [-0.2, 0) is 9.47 Å². The van der Waals surface area contributed by atoms with Crippen molar-refractivity contribution in [2.45, 2.75) is 0 Å². The molecule has 0 unspecified atom stereocenters. The van der Waals surface area contributed by atoms with Gasteiger partial charge >= 0.3 is 0 Å². The molecule has 4 aromatic carbocycles. The van der Waals surface area contributed by atoms with Crippen LogP contribution in [0, 0.1) is 0 Å². The first-order valence-corrected chi connectivity index (χ1v) is 13.8. The zero-order valence-corrected chi connectivity index (χ0v) is 24.0. The van der Waals surface area contributed by atoms with Gasteiger partial charge in [0, 0.05) is 38.7 Å². The average molecular weight is 569 g/mol. The molecule has 0 heterocycles. The largest absolute Gasteiger partial charge is 0.490 e. The predicted octanol–water partition coefficient (Wildman–Crippen LogP) is 5.73. The fourth-order valence-electron chi connectivity index (χ4n) is 4.41. The SMILES string of the molecule is COCCOc1ccccc1C(=O)N(CCN(C(=O)c1ccccc1OCCOC)c1ccccc1)c1ccccc1. The van der Waals surface area contributed by atoms with E-state index in [1.54, 1.807) is 60.4 Å². The van der Waals surface area contributed by atoms with Crippen LogP contribution in [0.25, 0.3) is 0 Å². The monoisotopic (exact) mass is 568 g/mol. The minimum Gasteiger partial charge on any atom is -0.490 e. The molecule has 0 saturated heterocycles. The lowest BCUT2D eigenvalue weighted by Gasteiger charge is -2.29. The number of benzene rings is 4. The van der Waals surface area contributed by atoms with E-state index in [-0.39, 0.29) is 24.9 Å². The van der Waals surface area contributed by atoms with Crippen LogP contribution >= 0.6 is 0 Å². The highest BCUT2D eigenvalue weighted by molar-refractivity contribution is 6.09. The van der Waals surface area contributed by atoms with Gasteiger partial charge in [-0.15, -0.1) is 0 Å². The first kappa shape index (κ1) is 30.3. The lowest BCUT2D eigenvalue weighted by atomic mass is 10.1. The molecule has 0 radical (unpaired) electrons. The summed E-state index contributed by atoms with van der Waals surface area (Å²) < 4.78 is 22.0. The zero-order chi connectivity index (χ0) is 29.6. The minimum atomic E-state index is -0.238. The Bertz CT molecular complexity index is 1300. The molecule has 0 spiro atoms. The molecule has 0 aliphatic rings. The van der Waals surface area contributed by atoms with E-state index in [0.29, 0.717) is 60.4 Å². The second kappa shape index (κ2) is 16.0. The Morgan fingerprint density at radius 2 is 0.857 bits per heavy atom. The predicted molar refractivity (Wildman–Crippen MR) is 164 cm³/mol. The summed E-state index contributed by atoms with van der Waals surface area (Å²) in [5.41, 5.74) is 2.26. The van der Waals surface area contributed by atoms with E-state index in [1.165, 1.54) is 0 Å². The quantitative estimate of drug-likeness (QED) is 0.171. The number of rotatable bonds is 15. The summed E-state index contributed by atoms with van der Waals surface area (Å²) in [7, 11) is 3.20. The van der Waals surface area contributed by atoms with Gasteiger partial charge in [-0.3, -0.25) is 9.59 Å². The lowest BCUT2D eigenvalue weighted by Crippen LogP contribution is -2.41. The van der Waals surface area contributed by atoms with Gasteiger partial charge in [0.2, 0.25) is 0 Å². The van der Waals surface area contributed by atoms with Crippen molar-refractivity contribution in [1.29, 1.82) is 0 Å². The van der Waals surface area contributed by atoms with E-state index >= 15 is 0 Å². The van der Waals surface area contributed by atoms with Crippen LogP contribution in [0.2, 0.25) is 0 Å². The van der Waals surface area contributed by atoms with E-state index < -0.39 is 0 Å². The molecule has 0 atom stereocenters. The average Bonchev–Trinajstić information content (AvgIpc) is 3.04. The Kier molecular flexibility index (Phi) is 11.5. The normalized spacial score (nSPS) is 10.6. The number of ether oxygens (including phenoxy) is 4. The Morgan fingerprint density at radius 1 is 0.500 bits per heavy atom. The van der Waals surface area contributed by atoms with Crippen molar-refractivity contribution < 1.29 is 28.5 Å². The maximum atomic E-state index is 14.1. The smallest absolute Gasteiger partial charge is 0.262 e. The van der Waals surface area contributed by atoms with Gasteiger partial charge in [-0.25, -0.2) is 0 Å². The van der Waals surface area contributed by atoms with Crippen molar-refractivity contribution in [2.24, 2.45) is 0 Å². The number of carbonyl (C=O) groups is 2. The van der Waals surface area contributed by atoms with Gasteiger partial charge in [0.15, 0.2) is 0 Å². The van der Waals surface area contributed by atoms with Crippen molar-refractivity contribution in [3.05, 3.63) is 120 Å². The third-order valence-corrected chi connectivity index (χ3v) is 6.50. The lowest BCUT2D eigenvalue weighted by molar-refractivity contribution is 0.0960. The number of hydrogen-bond acceptors (Lipinski definition) is 6. The fraction of sp³-hybridized carbons (Fsp3) is 0.235. The van der Waals surface area contributed by atoms with Gasteiger partial charge in [0.25, 0.3) is 11.8 Å². The van der Waals surface area contributed by atoms with Crippen molar-refractivity contribution in [1.82, 2.24) is 0 Å². The second-order valence-corrected chi connectivity index (χ2v) is 9.26. The van der Waals surface area contributed by atoms with E-state index in [4.69, 9.17) is 18.9 Å². The third kappa shape index (κ3) is 7.96. The summed E-state index contributed by atoms with van der Waals surface area (Å²) in [6, 6.07) is 33.1. The summed E-state index contributed by atoms with van der Waals surface area (Å²) in [6.45, 7) is 1.87. The third-order valence-electron chi connectivity index (χ3n) is 6.50. The molecular formula is C34H36N2O6. The Hall–Kier alpha value is -4.66. The molecule has 0 saturated carbocycles. The van der Waals surface area contributed by atoms with Gasteiger partial charge in [-0.2, -0.15) is 0 Å². The van der Waals surface area contributed by atoms with E-state index in [9.17, 15) is 9.59 Å². The first-order chi connectivity index (χ1) is 20.6. The highest BCUT2D eigenvalue weighted by Crippen LogP contribution is 2.26. The molecule has 8 nitrogen and oxygen atoms in total. The molecule has 4 aromatic rings. The van der Waals surface area contributed by atoms with Gasteiger partial charge in [0.05, 0.1) is 24.3 Å². The number of para-hydroxylation sites is 4. The van der Waals surface area contributed by atoms with E-state index in [0.717, 1.165) is 0 Å². The van der Waals surface area contributed by atoms with Crippen molar-refractivity contribution in [3.63, 3.8) is 0 Å². The molecular weight excluding hydrogens is 532 g/mol. The van der Waals surface area contributed by atoms with Crippen LogP contribution in [-0.4, -0.2) is 65.6 Å². The molecule has 4 rings (SSSR count). The molecule has 218 valence electrons. The van der Waals surface area contributed by atoms with Gasteiger partial charge in [0.1, 0.15) is 24.7 Å².